The number of rotatable bonds is 8. The van der Waals surface area contributed by atoms with Crippen LogP contribution in [0.25, 0.3) is 22.8 Å². The van der Waals surface area contributed by atoms with Gasteiger partial charge in [0.05, 0.1) is 17.7 Å². The van der Waals surface area contributed by atoms with Crippen LogP contribution in [0.2, 0.25) is 0 Å². The Balaban J connectivity index is 1.50. The highest BCUT2D eigenvalue weighted by molar-refractivity contribution is 5.94. The van der Waals surface area contributed by atoms with Gasteiger partial charge in [-0.05, 0) is 83.6 Å². The number of hydrogen-bond acceptors (Lipinski definition) is 4. The SMILES string of the molecule is CCc1nc2c(C)cc(C)nc2n1Cc1ccc(C=C(c2ccc(C(=O)O)cc2)c2ccc(C(=O)O)cc2)cc1. The molecule has 200 valence electrons. The molecule has 40 heavy (non-hydrogen) atoms. The Morgan fingerprint density at radius 3 is 1.80 bits per heavy atom. The summed E-state index contributed by atoms with van der Waals surface area (Å²) in [7, 11) is 0. The first-order valence-electron chi connectivity index (χ1n) is 13.0. The number of benzene rings is 3. The van der Waals surface area contributed by atoms with Gasteiger partial charge in [0.15, 0.2) is 5.65 Å². The summed E-state index contributed by atoms with van der Waals surface area (Å²) in [6.45, 7) is 6.82. The molecule has 0 aliphatic heterocycles. The van der Waals surface area contributed by atoms with Crippen molar-refractivity contribution in [2.45, 2.75) is 33.7 Å². The van der Waals surface area contributed by atoms with Crippen molar-refractivity contribution in [2.75, 3.05) is 0 Å². The van der Waals surface area contributed by atoms with Crippen LogP contribution >= 0.6 is 0 Å². The summed E-state index contributed by atoms with van der Waals surface area (Å²) < 4.78 is 2.18. The van der Waals surface area contributed by atoms with E-state index in [1.807, 2.05) is 25.1 Å². The number of pyridine rings is 1. The average Bonchev–Trinajstić information content (AvgIpc) is 3.30. The number of fused-ring (bicyclic) bond motifs is 1. The lowest BCUT2D eigenvalue weighted by Crippen LogP contribution is -2.05. The van der Waals surface area contributed by atoms with Crippen molar-refractivity contribution in [2.24, 2.45) is 0 Å². The largest absolute Gasteiger partial charge is 0.478 e. The summed E-state index contributed by atoms with van der Waals surface area (Å²) in [6, 6.07) is 23.6. The van der Waals surface area contributed by atoms with Crippen LogP contribution in [0.3, 0.4) is 0 Å². The van der Waals surface area contributed by atoms with Gasteiger partial charge in [0, 0.05) is 12.1 Å². The van der Waals surface area contributed by atoms with Gasteiger partial charge < -0.3 is 14.8 Å². The second kappa shape index (κ2) is 11.0. The first-order chi connectivity index (χ1) is 19.2. The zero-order chi connectivity index (χ0) is 28.4. The lowest BCUT2D eigenvalue weighted by molar-refractivity contribution is 0.0686. The molecule has 0 spiro atoms. The van der Waals surface area contributed by atoms with Crippen LogP contribution in [0.4, 0.5) is 0 Å². The topological polar surface area (TPSA) is 105 Å². The van der Waals surface area contributed by atoms with E-state index in [4.69, 9.17) is 9.97 Å². The van der Waals surface area contributed by atoms with Crippen molar-refractivity contribution in [1.82, 2.24) is 14.5 Å². The summed E-state index contributed by atoms with van der Waals surface area (Å²) >= 11 is 0. The van der Waals surface area contributed by atoms with E-state index in [2.05, 4.69) is 36.6 Å². The van der Waals surface area contributed by atoms with Crippen molar-refractivity contribution < 1.29 is 19.8 Å². The summed E-state index contributed by atoms with van der Waals surface area (Å²) in [6.07, 6.45) is 2.83. The molecule has 7 heteroatoms. The van der Waals surface area contributed by atoms with Crippen molar-refractivity contribution in [3.63, 3.8) is 0 Å². The Hall–Kier alpha value is -5.04. The first-order valence-corrected chi connectivity index (χ1v) is 13.0. The molecule has 0 unspecified atom stereocenters. The monoisotopic (exact) mass is 531 g/mol. The molecule has 0 aliphatic carbocycles. The maximum atomic E-state index is 11.4. The molecule has 0 atom stereocenters. The van der Waals surface area contributed by atoms with Gasteiger partial charge >= 0.3 is 11.9 Å². The number of nitrogens with zero attached hydrogens (tertiary/aromatic N) is 3. The fourth-order valence-corrected chi connectivity index (χ4v) is 4.87. The van der Waals surface area contributed by atoms with Gasteiger partial charge in [-0.2, -0.15) is 0 Å². The molecule has 3 aromatic carbocycles. The summed E-state index contributed by atoms with van der Waals surface area (Å²) in [5, 5.41) is 18.6. The summed E-state index contributed by atoms with van der Waals surface area (Å²) in [4.78, 5) is 32.3. The molecule has 0 saturated carbocycles. The van der Waals surface area contributed by atoms with E-state index in [0.717, 1.165) is 62.5 Å². The predicted octanol–water partition coefficient (Wildman–Crippen LogP) is 6.64. The standard InChI is InChI=1S/C33H29N3O4/c1-4-29-35-30-20(2)17-21(3)34-31(30)36(29)19-23-7-5-22(6-8-23)18-28(24-9-13-26(14-10-24)32(37)38)25-11-15-27(16-12-25)33(39)40/h5-18H,4,19H2,1-3H3,(H,37,38)(H,39,40). The molecule has 0 amide bonds. The van der Waals surface area contributed by atoms with E-state index < -0.39 is 11.9 Å². The number of hydrogen-bond donors (Lipinski definition) is 2. The molecular formula is C33H29N3O4. The number of imidazole rings is 1. The smallest absolute Gasteiger partial charge is 0.335 e. The van der Waals surface area contributed by atoms with Crippen molar-refractivity contribution in [3.8, 4) is 0 Å². The van der Waals surface area contributed by atoms with E-state index in [1.54, 1.807) is 48.5 Å². The molecule has 2 aromatic heterocycles. The quantitative estimate of drug-likeness (QED) is 0.217. The van der Waals surface area contributed by atoms with Gasteiger partial charge in [0.2, 0.25) is 0 Å². The molecule has 0 radical (unpaired) electrons. The number of aromatic nitrogens is 3. The minimum absolute atomic E-state index is 0.201. The van der Waals surface area contributed by atoms with Crippen molar-refractivity contribution in [3.05, 3.63) is 129 Å². The third-order valence-corrected chi connectivity index (χ3v) is 6.93. The second-order valence-electron chi connectivity index (χ2n) is 9.79. The van der Waals surface area contributed by atoms with Gasteiger partial charge in [0.25, 0.3) is 0 Å². The van der Waals surface area contributed by atoms with Crippen LogP contribution in [0.5, 0.6) is 0 Å². The zero-order valence-electron chi connectivity index (χ0n) is 22.5. The van der Waals surface area contributed by atoms with E-state index in [0.29, 0.717) is 6.54 Å². The van der Waals surface area contributed by atoms with E-state index in [-0.39, 0.29) is 11.1 Å². The molecule has 5 rings (SSSR count). The molecule has 7 nitrogen and oxygen atoms in total. The van der Waals surface area contributed by atoms with Crippen molar-refractivity contribution >= 4 is 34.8 Å². The maximum Gasteiger partial charge on any atom is 0.335 e. The molecule has 0 fully saturated rings. The Bertz CT molecular complexity index is 1690. The third kappa shape index (κ3) is 5.40. The highest BCUT2D eigenvalue weighted by atomic mass is 16.4. The zero-order valence-corrected chi connectivity index (χ0v) is 22.5. The molecule has 2 N–H and O–H groups in total. The van der Waals surface area contributed by atoms with Gasteiger partial charge in [-0.3, -0.25) is 0 Å². The normalized spacial score (nSPS) is 11.0. The Morgan fingerprint density at radius 2 is 1.30 bits per heavy atom. The molecule has 0 bridgehead atoms. The third-order valence-electron chi connectivity index (χ3n) is 6.93. The predicted molar refractivity (Wildman–Crippen MR) is 156 cm³/mol. The first kappa shape index (κ1) is 26.6. The number of carboxylic acid groups (broad SMARTS) is 2. The highest BCUT2D eigenvalue weighted by Gasteiger charge is 2.14. The lowest BCUT2D eigenvalue weighted by Gasteiger charge is -2.11. The van der Waals surface area contributed by atoms with Crippen LogP contribution in [0, 0.1) is 13.8 Å². The summed E-state index contributed by atoms with van der Waals surface area (Å²) in [5.41, 5.74) is 8.91. The summed E-state index contributed by atoms with van der Waals surface area (Å²) in [5.74, 6) is -0.983. The van der Waals surface area contributed by atoms with Crippen LogP contribution in [0.15, 0.2) is 78.9 Å². The Morgan fingerprint density at radius 1 is 0.775 bits per heavy atom. The highest BCUT2D eigenvalue weighted by Crippen LogP contribution is 2.28. The molecular weight excluding hydrogens is 502 g/mol. The van der Waals surface area contributed by atoms with Crippen LogP contribution in [-0.4, -0.2) is 36.7 Å². The van der Waals surface area contributed by atoms with Crippen LogP contribution in [-0.2, 0) is 13.0 Å². The Labute approximate surface area is 232 Å². The van der Waals surface area contributed by atoms with Crippen LogP contribution < -0.4 is 0 Å². The molecule has 2 heterocycles. The average molecular weight is 532 g/mol. The maximum absolute atomic E-state index is 11.4. The van der Waals surface area contributed by atoms with Gasteiger partial charge in [-0.25, -0.2) is 19.6 Å². The lowest BCUT2D eigenvalue weighted by atomic mass is 9.94. The van der Waals surface area contributed by atoms with Crippen molar-refractivity contribution in [1.29, 1.82) is 0 Å². The number of carbonyl (C=O) groups is 2. The van der Waals surface area contributed by atoms with Gasteiger partial charge in [-0.1, -0.05) is 55.5 Å². The minimum Gasteiger partial charge on any atom is -0.478 e. The van der Waals surface area contributed by atoms with Gasteiger partial charge in [0.1, 0.15) is 11.3 Å². The molecule has 5 aromatic rings. The number of aromatic carboxylic acids is 2. The number of aryl methyl sites for hydroxylation is 3. The van der Waals surface area contributed by atoms with E-state index in [1.165, 1.54) is 0 Å². The second-order valence-corrected chi connectivity index (χ2v) is 9.79. The van der Waals surface area contributed by atoms with E-state index in [9.17, 15) is 19.8 Å². The Kier molecular flexibility index (Phi) is 7.29. The molecule has 0 aliphatic rings. The fourth-order valence-electron chi connectivity index (χ4n) is 4.87. The molecule has 0 saturated heterocycles. The minimum atomic E-state index is -0.990. The van der Waals surface area contributed by atoms with Gasteiger partial charge in [-0.15, -0.1) is 0 Å². The van der Waals surface area contributed by atoms with E-state index >= 15 is 0 Å². The number of carboxylic acids is 2. The van der Waals surface area contributed by atoms with Crippen LogP contribution in [0.1, 0.15) is 67.0 Å². The fraction of sp³-hybridized carbons (Fsp3) is 0.152.